The molecule has 2 aromatic heterocycles. The fourth-order valence-corrected chi connectivity index (χ4v) is 8.70. The van der Waals surface area contributed by atoms with E-state index in [0.29, 0.717) is 36.3 Å². The average Bonchev–Trinajstić information content (AvgIpc) is 3.34. The number of Topliss-reactive ketones (excluding diaryl/α,β-unsaturated/α-hetero) is 1. The van der Waals surface area contributed by atoms with Gasteiger partial charge in [0.1, 0.15) is 11.5 Å². The van der Waals surface area contributed by atoms with Crippen molar-refractivity contribution >= 4 is 15.6 Å². The van der Waals surface area contributed by atoms with Crippen molar-refractivity contribution < 1.29 is 17.6 Å². The molecule has 6 rings (SSSR count). The van der Waals surface area contributed by atoms with E-state index in [4.69, 9.17) is 0 Å². The molecule has 39 heavy (non-hydrogen) atoms. The van der Waals surface area contributed by atoms with Crippen molar-refractivity contribution in [1.82, 2.24) is 9.55 Å². The highest BCUT2D eigenvalue weighted by atomic mass is 32.2. The van der Waals surface area contributed by atoms with Gasteiger partial charge in [0.2, 0.25) is 0 Å². The molecule has 4 aromatic rings. The SMILES string of the molecule is Cc1ccc(S(=O)(=O)[C@@]2(C)CCC3Cc4c(ccn4-c4ccc(F)cc4)C[C@]3(C(=O)c3ccccn3)C2)cc1. The van der Waals surface area contributed by atoms with Crippen LogP contribution in [-0.2, 0) is 22.7 Å². The van der Waals surface area contributed by atoms with E-state index in [1.165, 1.54) is 12.1 Å². The van der Waals surface area contributed by atoms with Gasteiger partial charge < -0.3 is 4.57 Å². The van der Waals surface area contributed by atoms with E-state index in [2.05, 4.69) is 9.55 Å². The minimum absolute atomic E-state index is 0.0464. The van der Waals surface area contributed by atoms with Crippen LogP contribution in [0.15, 0.2) is 90.1 Å². The summed E-state index contributed by atoms with van der Waals surface area (Å²) in [7, 11) is -3.72. The predicted octanol–water partition coefficient (Wildman–Crippen LogP) is 6.32. The van der Waals surface area contributed by atoms with E-state index in [9.17, 15) is 17.6 Å². The number of rotatable bonds is 5. The standard InChI is InChI=1S/C32H31FN2O3S/c1-22-6-12-27(13-7-22)39(37,38)31(2)16-14-24-19-29-23(15-18-35(29)26-10-8-25(33)9-11-26)20-32(24,21-31)30(36)28-5-3-4-17-34-28/h3-13,15,17-18,24H,14,16,19-21H2,1-2H3/t24?,31-,32-/m0/s1. The van der Waals surface area contributed by atoms with Crippen LogP contribution in [0.1, 0.15) is 53.5 Å². The van der Waals surface area contributed by atoms with E-state index < -0.39 is 20.0 Å². The molecule has 2 heterocycles. The summed E-state index contributed by atoms with van der Waals surface area (Å²) >= 11 is 0. The second-order valence-corrected chi connectivity index (χ2v) is 13.9. The molecule has 0 aliphatic heterocycles. The molecule has 2 aliphatic carbocycles. The van der Waals surface area contributed by atoms with E-state index in [1.807, 2.05) is 38.2 Å². The van der Waals surface area contributed by atoms with E-state index >= 15 is 0 Å². The van der Waals surface area contributed by atoms with E-state index in [0.717, 1.165) is 22.5 Å². The third-order valence-electron chi connectivity index (χ3n) is 8.96. The maximum atomic E-state index is 14.4. The summed E-state index contributed by atoms with van der Waals surface area (Å²) in [6.07, 6.45) is 5.97. The van der Waals surface area contributed by atoms with Crippen molar-refractivity contribution in [3.05, 3.63) is 114 Å². The minimum atomic E-state index is -3.72. The summed E-state index contributed by atoms with van der Waals surface area (Å²) < 4.78 is 42.8. The monoisotopic (exact) mass is 542 g/mol. The lowest BCUT2D eigenvalue weighted by Gasteiger charge is -2.52. The molecule has 0 N–H and O–H groups in total. The van der Waals surface area contributed by atoms with Crippen LogP contribution < -0.4 is 0 Å². The van der Waals surface area contributed by atoms with E-state index in [-0.39, 0.29) is 23.9 Å². The lowest BCUT2D eigenvalue weighted by Crippen LogP contribution is -2.55. The van der Waals surface area contributed by atoms with Gasteiger partial charge in [0.15, 0.2) is 15.6 Å². The molecule has 1 saturated carbocycles. The molecule has 0 amide bonds. The normalized spacial score (nSPS) is 24.5. The molecule has 7 heteroatoms. The third-order valence-corrected chi connectivity index (χ3v) is 11.5. The molecule has 2 aromatic carbocycles. The summed E-state index contributed by atoms with van der Waals surface area (Å²) in [4.78, 5) is 19.1. The predicted molar refractivity (Wildman–Crippen MR) is 148 cm³/mol. The van der Waals surface area contributed by atoms with E-state index in [1.54, 1.807) is 48.7 Å². The second-order valence-electron chi connectivity index (χ2n) is 11.4. The van der Waals surface area contributed by atoms with Gasteiger partial charge in [0, 0.05) is 29.2 Å². The van der Waals surface area contributed by atoms with Gasteiger partial charge in [-0.1, -0.05) is 23.8 Å². The minimum Gasteiger partial charge on any atom is -0.321 e. The average molecular weight is 543 g/mol. The molecule has 0 saturated heterocycles. The van der Waals surface area contributed by atoms with Crippen molar-refractivity contribution in [2.24, 2.45) is 11.3 Å². The van der Waals surface area contributed by atoms with Crippen LogP contribution in [0.4, 0.5) is 4.39 Å². The topological polar surface area (TPSA) is 69.0 Å². The van der Waals surface area contributed by atoms with Gasteiger partial charge >= 0.3 is 0 Å². The third kappa shape index (κ3) is 4.15. The lowest BCUT2D eigenvalue weighted by atomic mass is 9.54. The summed E-state index contributed by atoms with van der Waals surface area (Å²) in [6, 6.07) is 20.7. The van der Waals surface area contributed by atoms with Gasteiger partial charge in [-0.05, 0) is 112 Å². The Kier molecular flexibility index (Phi) is 6.10. The van der Waals surface area contributed by atoms with Crippen molar-refractivity contribution in [3.63, 3.8) is 0 Å². The maximum Gasteiger partial charge on any atom is 0.187 e. The summed E-state index contributed by atoms with van der Waals surface area (Å²) in [5.41, 5.74) is 3.46. The highest BCUT2D eigenvalue weighted by Gasteiger charge is 2.59. The zero-order valence-electron chi connectivity index (χ0n) is 22.1. The van der Waals surface area contributed by atoms with Crippen LogP contribution in [0.3, 0.4) is 0 Å². The van der Waals surface area contributed by atoms with Gasteiger partial charge in [0.25, 0.3) is 0 Å². The molecular formula is C32H31FN2O3S. The summed E-state index contributed by atoms with van der Waals surface area (Å²) in [5.74, 6) is -0.422. The smallest absolute Gasteiger partial charge is 0.187 e. The fraction of sp³-hybridized carbons (Fsp3) is 0.312. The number of pyridine rings is 1. The maximum absolute atomic E-state index is 14.4. The molecule has 5 nitrogen and oxygen atoms in total. The Morgan fingerprint density at radius 3 is 2.46 bits per heavy atom. The molecule has 2 aliphatic rings. The number of fused-ring (bicyclic) bond motifs is 2. The van der Waals surface area contributed by atoms with Crippen molar-refractivity contribution in [1.29, 1.82) is 0 Å². The first-order valence-electron chi connectivity index (χ1n) is 13.4. The number of carbonyl (C=O) groups is 1. The first-order chi connectivity index (χ1) is 18.6. The van der Waals surface area contributed by atoms with Crippen LogP contribution in [0.25, 0.3) is 5.69 Å². The number of carbonyl (C=O) groups excluding carboxylic acids is 1. The summed E-state index contributed by atoms with van der Waals surface area (Å²) in [6.45, 7) is 3.74. The summed E-state index contributed by atoms with van der Waals surface area (Å²) in [5, 5.41) is 0. The Bertz CT molecular complexity index is 1650. The molecular weight excluding hydrogens is 511 g/mol. The number of benzene rings is 2. The van der Waals surface area contributed by atoms with Crippen molar-refractivity contribution in [2.45, 2.75) is 55.6 Å². The number of hydrogen-bond acceptors (Lipinski definition) is 4. The number of aryl methyl sites for hydroxylation is 1. The van der Waals surface area contributed by atoms with Crippen LogP contribution >= 0.6 is 0 Å². The van der Waals surface area contributed by atoms with Gasteiger partial charge in [-0.25, -0.2) is 12.8 Å². The molecule has 0 bridgehead atoms. The number of sulfone groups is 1. The Labute approximate surface area is 228 Å². The Hall–Kier alpha value is -3.58. The molecule has 0 spiro atoms. The number of hydrogen-bond donors (Lipinski definition) is 0. The fourth-order valence-electron chi connectivity index (χ4n) is 6.80. The Balaban J connectivity index is 1.45. The largest absolute Gasteiger partial charge is 0.321 e. The number of nitrogens with zero attached hydrogens (tertiary/aromatic N) is 2. The highest BCUT2D eigenvalue weighted by molar-refractivity contribution is 7.92. The van der Waals surface area contributed by atoms with Crippen LogP contribution in [0.2, 0.25) is 0 Å². The Morgan fingerprint density at radius 1 is 1.03 bits per heavy atom. The van der Waals surface area contributed by atoms with Gasteiger partial charge in [0.05, 0.1) is 9.64 Å². The number of ketones is 1. The number of aromatic nitrogens is 2. The number of halogens is 1. The quantitative estimate of drug-likeness (QED) is 0.277. The Morgan fingerprint density at radius 2 is 1.77 bits per heavy atom. The first kappa shape index (κ1) is 25.7. The molecule has 3 atom stereocenters. The zero-order valence-corrected chi connectivity index (χ0v) is 22.9. The second kappa shape index (κ2) is 9.26. The van der Waals surface area contributed by atoms with Gasteiger partial charge in [-0.15, -0.1) is 0 Å². The van der Waals surface area contributed by atoms with Gasteiger partial charge in [-0.3, -0.25) is 9.78 Å². The van der Waals surface area contributed by atoms with Crippen LogP contribution in [-0.4, -0.2) is 28.5 Å². The van der Waals surface area contributed by atoms with Crippen LogP contribution in [0, 0.1) is 24.1 Å². The zero-order chi connectivity index (χ0) is 27.4. The molecule has 1 fully saturated rings. The molecule has 0 radical (unpaired) electrons. The van der Waals surface area contributed by atoms with Crippen molar-refractivity contribution in [2.75, 3.05) is 0 Å². The molecule has 200 valence electrons. The molecule has 1 unspecified atom stereocenters. The highest BCUT2D eigenvalue weighted by Crippen LogP contribution is 2.56. The first-order valence-corrected chi connectivity index (χ1v) is 14.8. The van der Waals surface area contributed by atoms with Crippen molar-refractivity contribution in [3.8, 4) is 5.69 Å². The van der Waals surface area contributed by atoms with Crippen LogP contribution in [0.5, 0.6) is 0 Å². The lowest BCUT2D eigenvalue weighted by molar-refractivity contribution is 0.0408. The van der Waals surface area contributed by atoms with Gasteiger partial charge in [-0.2, -0.15) is 0 Å².